The summed E-state index contributed by atoms with van der Waals surface area (Å²) in [7, 11) is 0. The van der Waals surface area contributed by atoms with Crippen LogP contribution in [0.1, 0.15) is 104 Å². The van der Waals surface area contributed by atoms with Crippen LogP contribution in [0.25, 0.3) is 0 Å². The van der Waals surface area contributed by atoms with Gasteiger partial charge in [-0.15, -0.1) is 6.58 Å². The van der Waals surface area contributed by atoms with E-state index in [4.69, 9.17) is 0 Å². The zero-order chi connectivity index (χ0) is 18.6. The molecular weight excluding hydrogens is 380 g/mol. The molecule has 0 aromatic rings. The fourth-order valence-electron chi connectivity index (χ4n) is 7.61. The van der Waals surface area contributed by atoms with Crippen LogP contribution in [0.3, 0.4) is 0 Å². The number of allylic oxidation sites excluding steroid dienone is 1. The zero-order valence-corrected chi connectivity index (χ0v) is 19.1. The Bertz CT molecular complexity index is 435. The summed E-state index contributed by atoms with van der Waals surface area (Å²) in [6.45, 7) is 9.43. The van der Waals surface area contributed by atoms with Gasteiger partial charge in [0.1, 0.15) is 0 Å². The molecule has 3 rings (SSSR count). The van der Waals surface area contributed by atoms with Crippen molar-refractivity contribution in [1.29, 1.82) is 0 Å². The molecule has 3 aliphatic carbocycles. The highest BCUT2D eigenvalue weighted by atomic mass is 79.9. The van der Waals surface area contributed by atoms with Crippen LogP contribution < -0.4 is 0 Å². The lowest BCUT2D eigenvalue weighted by molar-refractivity contribution is -0.0638. The Balaban J connectivity index is 2.02. The molecule has 150 valence electrons. The summed E-state index contributed by atoms with van der Waals surface area (Å²) in [5.74, 6) is 4.56. The number of halogens is 1. The van der Waals surface area contributed by atoms with E-state index in [1.165, 1.54) is 89.9 Å². The number of hydrogen-bond donors (Lipinski definition) is 0. The van der Waals surface area contributed by atoms with Crippen LogP contribution in [0.2, 0.25) is 0 Å². The minimum absolute atomic E-state index is 0.549. The molecule has 1 heteroatoms. The summed E-state index contributed by atoms with van der Waals surface area (Å²) >= 11 is 3.93. The molecule has 5 atom stereocenters. The van der Waals surface area contributed by atoms with Crippen LogP contribution in [0.15, 0.2) is 12.7 Å². The molecule has 0 amide bonds. The van der Waals surface area contributed by atoms with E-state index >= 15 is 0 Å². The van der Waals surface area contributed by atoms with E-state index in [1.807, 2.05) is 0 Å². The molecule has 3 fully saturated rings. The smallest absolute Gasteiger partial charge is 0.0146 e. The van der Waals surface area contributed by atoms with Crippen molar-refractivity contribution in [3.63, 3.8) is 0 Å². The lowest BCUT2D eigenvalue weighted by Crippen LogP contribution is -2.49. The van der Waals surface area contributed by atoms with E-state index < -0.39 is 0 Å². The maximum absolute atomic E-state index is 4.39. The predicted octanol–water partition coefficient (Wildman–Crippen LogP) is 8.55. The van der Waals surface area contributed by atoms with Crippen LogP contribution in [-0.2, 0) is 0 Å². The Morgan fingerprint density at radius 2 is 1.65 bits per heavy atom. The standard InChI is InChI=1S/C25H43Br/c1-4-20(5-2)25(21-14-16-22(26)17-15-21)18-10-6-7-11-19(3)23-12-8-9-13-24(23)25/h4,19-24H,1,5-18H2,2-3H3/t19-,20?,21?,22?,23?,24?,25?/m1/s1. The first-order chi connectivity index (χ1) is 12.6. The molecule has 0 radical (unpaired) electrons. The number of hydrogen-bond acceptors (Lipinski definition) is 0. The highest BCUT2D eigenvalue weighted by molar-refractivity contribution is 9.09. The number of alkyl halides is 1. The SMILES string of the molecule is C=CC(CC)C1(C2CCC(Br)CC2)CCCCC[C@@H](C)C2CCCCC21. The Morgan fingerprint density at radius 3 is 2.35 bits per heavy atom. The van der Waals surface area contributed by atoms with Crippen LogP contribution in [-0.4, -0.2) is 4.83 Å². The minimum atomic E-state index is 0.549. The minimum Gasteiger partial charge on any atom is -0.103 e. The van der Waals surface area contributed by atoms with Crippen molar-refractivity contribution >= 4 is 15.9 Å². The lowest BCUT2D eigenvalue weighted by atomic mass is 9.48. The van der Waals surface area contributed by atoms with Gasteiger partial charge in [-0.05, 0) is 86.4 Å². The molecule has 0 aromatic carbocycles. The summed E-state index contributed by atoms with van der Waals surface area (Å²) in [6.07, 6.45) is 22.8. The molecule has 3 saturated carbocycles. The quantitative estimate of drug-likeness (QED) is 0.314. The van der Waals surface area contributed by atoms with Crippen molar-refractivity contribution in [1.82, 2.24) is 0 Å². The van der Waals surface area contributed by atoms with Gasteiger partial charge >= 0.3 is 0 Å². The van der Waals surface area contributed by atoms with Gasteiger partial charge in [0, 0.05) is 4.83 Å². The molecule has 0 aliphatic heterocycles. The molecule has 0 spiro atoms. The van der Waals surface area contributed by atoms with Crippen molar-refractivity contribution in [3.8, 4) is 0 Å². The van der Waals surface area contributed by atoms with Gasteiger partial charge in [0.15, 0.2) is 0 Å². The van der Waals surface area contributed by atoms with E-state index in [0.29, 0.717) is 5.41 Å². The molecular formula is C25H43Br. The largest absolute Gasteiger partial charge is 0.103 e. The average molecular weight is 424 g/mol. The van der Waals surface area contributed by atoms with E-state index in [2.05, 4.69) is 42.4 Å². The van der Waals surface area contributed by atoms with Crippen LogP contribution in [0.5, 0.6) is 0 Å². The van der Waals surface area contributed by atoms with Gasteiger partial charge in [0.25, 0.3) is 0 Å². The topological polar surface area (TPSA) is 0 Å². The fraction of sp³-hybridized carbons (Fsp3) is 0.920. The third kappa shape index (κ3) is 4.13. The maximum Gasteiger partial charge on any atom is 0.0146 e. The maximum atomic E-state index is 4.39. The molecule has 0 N–H and O–H groups in total. The first kappa shape index (κ1) is 20.9. The number of rotatable bonds is 4. The monoisotopic (exact) mass is 422 g/mol. The molecule has 0 nitrogen and oxygen atoms in total. The first-order valence-electron chi connectivity index (χ1n) is 11.9. The van der Waals surface area contributed by atoms with Crippen molar-refractivity contribution in [3.05, 3.63) is 12.7 Å². The van der Waals surface area contributed by atoms with Crippen molar-refractivity contribution in [2.45, 2.75) is 109 Å². The highest BCUT2D eigenvalue weighted by Gasteiger charge is 2.52. The predicted molar refractivity (Wildman–Crippen MR) is 119 cm³/mol. The fourth-order valence-corrected chi connectivity index (χ4v) is 8.14. The van der Waals surface area contributed by atoms with Gasteiger partial charge < -0.3 is 0 Å². The molecule has 0 aromatic heterocycles. The van der Waals surface area contributed by atoms with Crippen molar-refractivity contribution in [2.24, 2.45) is 35.0 Å². The molecule has 4 unspecified atom stereocenters. The van der Waals surface area contributed by atoms with E-state index in [1.54, 1.807) is 0 Å². The molecule has 0 bridgehead atoms. The van der Waals surface area contributed by atoms with Crippen molar-refractivity contribution in [2.75, 3.05) is 0 Å². The third-order valence-corrected chi connectivity index (χ3v) is 9.76. The Hall–Kier alpha value is 0.220. The molecule has 26 heavy (non-hydrogen) atoms. The summed E-state index contributed by atoms with van der Waals surface area (Å²) in [5, 5.41) is 0. The Morgan fingerprint density at radius 1 is 0.962 bits per heavy atom. The summed E-state index contributed by atoms with van der Waals surface area (Å²) in [6, 6.07) is 0. The van der Waals surface area contributed by atoms with Gasteiger partial charge in [0.05, 0.1) is 0 Å². The van der Waals surface area contributed by atoms with E-state index in [-0.39, 0.29) is 0 Å². The number of fused-ring (bicyclic) bond motifs is 1. The zero-order valence-electron chi connectivity index (χ0n) is 17.5. The summed E-state index contributed by atoms with van der Waals surface area (Å²) in [5.41, 5.74) is 0.549. The van der Waals surface area contributed by atoms with Gasteiger partial charge in [-0.25, -0.2) is 0 Å². The van der Waals surface area contributed by atoms with Gasteiger partial charge in [-0.3, -0.25) is 0 Å². The lowest BCUT2D eigenvalue weighted by Gasteiger charge is -2.57. The molecule has 0 saturated heterocycles. The highest BCUT2D eigenvalue weighted by Crippen LogP contribution is 2.60. The van der Waals surface area contributed by atoms with Crippen LogP contribution >= 0.6 is 15.9 Å². The molecule has 3 aliphatic rings. The van der Waals surface area contributed by atoms with Crippen LogP contribution in [0, 0.1) is 35.0 Å². The second kappa shape index (κ2) is 9.62. The summed E-state index contributed by atoms with van der Waals surface area (Å²) in [4.78, 5) is 0.775. The normalized spacial score (nSPS) is 43.4. The Kier molecular flexibility index (Phi) is 7.75. The third-order valence-electron chi connectivity index (χ3n) is 8.84. The Labute approximate surface area is 172 Å². The van der Waals surface area contributed by atoms with Crippen molar-refractivity contribution < 1.29 is 0 Å². The second-order valence-electron chi connectivity index (χ2n) is 9.94. The second-order valence-corrected chi connectivity index (χ2v) is 11.2. The van der Waals surface area contributed by atoms with E-state index in [9.17, 15) is 0 Å². The van der Waals surface area contributed by atoms with Gasteiger partial charge in [0.2, 0.25) is 0 Å². The molecule has 0 heterocycles. The average Bonchev–Trinajstić information content (AvgIpc) is 2.73. The van der Waals surface area contributed by atoms with Crippen LogP contribution in [0.4, 0.5) is 0 Å². The summed E-state index contributed by atoms with van der Waals surface area (Å²) < 4.78 is 0. The van der Waals surface area contributed by atoms with Gasteiger partial charge in [-0.1, -0.05) is 74.4 Å². The first-order valence-corrected chi connectivity index (χ1v) is 12.8. The van der Waals surface area contributed by atoms with Gasteiger partial charge in [-0.2, -0.15) is 0 Å². The van der Waals surface area contributed by atoms with E-state index in [0.717, 1.165) is 34.4 Å².